The van der Waals surface area contributed by atoms with Gasteiger partial charge in [-0.2, -0.15) is 0 Å². The van der Waals surface area contributed by atoms with Gasteiger partial charge in [0.1, 0.15) is 0 Å². The second-order valence-electron chi connectivity index (χ2n) is 5.46. The van der Waals surface area contributed by atoms with Crippen LogP contribution in [0.25, 0.3) is 0 Å². The number of carbonyl (C=O) groups is 1. The average Bonchev–Trinajstić information content (AvgIpc) is 2.51. The van der Waals surface area contributed by atoms with Crippen LogP contribution in [0.3, 0.4) is 0 Å². The largest absolute Gasteiger partial charge is 0.382 e. The van der Waals surface area contributed by atoms with Gasteiger partial charge in [-0.15, -0.1) is 0 Å². The number of benzene rings is 1. The summed E-state index contributed by atoms with van der Waals surface area (Å²) in [5.74, 6) is 0. The number of likely N-dealkylation sites (tertiary alicyclic amines) is 1. The molecule has 1 aromatic rings. The Balaban J connectivity index is 1.88. The maximum absolute atomic E-state index is 11.1. The highest BCUT2D eigenvalue weighted by atomic mass is 16.2. The van der Waals surface area contributed by atoms with Crippen LogP contribution in [-0.2, 0) is 0 Å². The standard InChI is InChI=1S/C16H26N4O/c1-3-19(4-2)15-7-5-13(6-8-15)18-14-9-11-20(12-10-14)16(17)21/h5-8,14,18H,3-4,9-12H2,1-2H3,(H2,17,21). The van der Waals surface area contributed by atoms with Crippen molar-refractivity contribution in [2.75, 3.05) is 36.4 Å². The molecule has 0 atom stereocenters. The number of nitrogens with one attached hydrogen (secondary N) is 1. The Hall–Kier alpha value is -1.91. The number of piperidine rings is 1. The molecule has 0 spiro atoms. The maximum atomic E-state index is 11.1. The van der Waals surface area contributed by atoms with Gasteiger partial charge in [-0.1, -0.05) is 0 Å². The predicted molar refractivity (Wildman–Crippen MR) is 87.8 cm³/mol. The summed E-state index contributed by atoms with van der Waals surface area (Å²) in [5.41, 5.74) is 7.70. The molecule has 5 nitrogen and oxygen atoms in total. The summed E-state index contributed by atoms with van der Waals surface area (Å²) in [6.45, 7) is 7.86. The van der Waals surface area contributed by atoms with E-state index in [4.69, 9.17) is 5.73 Å². The normalized spacial score (nSPS) is 15.8. The molecule has 0 aliphatic carbocycles. The highest BCUT2D eigenvalue weighted by molar-refractivity contribution is 5.72. The lowest BCUT2D eigenvalue weighted by molar-refractivity contribution is 0.193. The SMILES string of the molecule is CCN(CC)c1ccc(NC2CCN(C(N)=O)CC2)cc1. The van der Waals surface area contributed by atoms with E-state index >= 15 is 0 Å². The van der Waals surface area contributed by atoms with Crippen LogP contribution in [0, 0.1) is 0 Å². The molecule has 1 heterocycles. The van der Waals surface area contributed by atoms with E-state index in [0.717, 1.165) is 44.7 Å². The van der Waals surface area contributed by atoms with Gasteiger partial charge in [0.25, 0.3) is 0 Å². The van der Waals surface area contributed by atoms with E-state index in [2.05, 4.69) is 48.3 Å². The highest BCUT2D eigenvalue weighted by Crippen LogP contribution is 2.20. The summed E-state index contributed by atoms with van der Waals surface area (Å²) in [5, 5.41) is 3.55. The van der Waals surface area contributed by atoms with Gasteiger partial charge in [-0.3, -0.25) is 0 Å². The molecule has 1 saturated heterocycles. The van der Waals surface area contributed by atoms with Crippen molar-refractivity contribution >= 4 is 17.4 Å². The zero-order chi connectivity index (χ0) is 15.2. The first-order valence-electron chi connectivity index (χ1n) is 7.80. The van der Waals surface area contributed by atoms with Crippen molar-refractivity contribution in [3.8, 4) is 0 Å². The first-order valence-corrected chi connectivity index (χ1v) is 7.80. The minimum Gasteiger partial charge on any atom is -0.382 e. The molecule has 1 aliphatic heterocycles. The Morgan fingerprint density at radius 3 is 2.29 bits per heavy atom. The third-order valence-corrected chi connectivity index (χ3v) is 4.17. The number of primary amides is 1. The number of anilines is 2. The summed E-state index contributed by atoms with van der Waals surface area (Å²) in [6, 6.07) is 8.70. The molecule has 3 N–H and O–H groups in total. The van der Waals surface area contributed by atoms with Crippen LogP contribution in [0.15, 0.2) is 24.3 Å². The van der Waals surface area contributed by atoms with E-state index in [1.54, 1.807) is 4.90 Å². The monoisotopic (exact) mass is 290 g/mol. The van der Waals surface area contributed by atoms with Crippen LogP contribution >= 0.6 is 0 Å². The molecule has 0 bridgehead atoms. The van der Waals surface area contributed by atoms with E-state index in [1.165, 1.54) is 5.69 Å². The van der Waals surface area contributed by atoms with E-state index < -0.39 is 0 Å². The predicted octanol–water partition coefficient (Wildman–Crippen LogP) is 2.49. The molecule has 5 heteroatoms. The highest BCUT2D eigenvalue weighted by Gasteiger charge is 2.20. The van der Waals surface area contributed by atoms with Gasteiger partial charge >= 0.3 is 6.03 Å². The second kappa shape index (κ2) is 7.20. The molecule has 0 aromatic heterocycles. The van der Waals surface area contributed by atoms with Gasteiger partial charge in [0, 0.05) is 43.6 Å². The summed E-state index contributed by atoms with van der Waals surface area (Å²) < 4.78 is 0. The molecule has 116 valence electrons. The van der Waals surface area contributed by atoms with Gasteiger partial charge < -0.3 is 20.9 Å². The number of rotatable bonds is 5. The second-order valence-corrected chi connectivity index (χ2v) is 5.46. The lowest BCUT2D eigenvalue weighted by Crippen LogP contribution is -2.44. The summed E-state index contributed by atoms with van der Waals surface area (Å²) in [7, 11) is 0. The summed E-state index contributed by atoms with van der Waals surface area (Å²) in [6.07, 6.45) is 1.89. The molecular weight excluding hydrogens is 264 g/mol. The third kappa shape index (κ3) is 4.03. The van der Waals surface area contributed by atoms with Crippen LogP contribution in [0.5, 0.6) is 0 Å². The fourth-order valence-corrected chi connectivity index (χ4v) is 2.84. The van der Waals surface area contributed by atoms with Crippen LogP contribution in [-0.4, -0.2) is 43.2 Å². The molecule has 2 amide bonds. The van der Waals surface area contributed by atoms with Gasteiger partial charge in [0.2, 0.25) is 0 Å². The molecule has 1 aliphatic rings. The van der Waals surface area contributed by atoms with E-state index in [-0.39, 0.29) is 6.03 Å². The van der Waals surface area contributed by atoms with Gasteiger partial charge in [0.15, 0.2) is 0 Å². The van der Waals surface area contributed by atoms with Gasteiger partial charge in [-0.25, -0.2) is 4.79 Å². The minimum absolute atomic E-state index is 0.308. The van der Waals surface area contributed by atoms with Crippen LogP contribution < -0.4 is 16.0 Å². The maximum Gasteiger partial charge on any atom is 0.314 e. The van der Waals surface area contributed by atoms with E-state index in [1.807, 2.05) is 0 Å². The zero-order valence-electron chi connectivity index (χ0n) is 13.0. The van der Waals surface area contributed by atoms with Crippen molar-refractivity contribution in [1.82, 2.24) is 4.90 Å². The Bertz CT molecular complexity index is 448. The van der Waals surface area contributed by atoms with Crippen LogP contribution in [0.2, 0.25) is 0 Å². The Morgan fingerprint density at radius 1 is 1.24 bits per heavy atom. The lowest BCUT2D eigenvalue weighted by atomic mass is 10.0. The first-order chi connectivity index (χ1) is 10.1. The average molecular weight is 290 g/mol. The number of carbonyl (C=O) groups excluding carboxylic acids is 1. The Morgan fingerprint density at radius 2 is 1.81 bits per heavy atom. The molecule has 2 rings (SSSR count). The molecule has 0 radical (unpaired) electrons. The van der Waals surface area contributed by atoms with Gasteiger partial charge in [0.05, 0.1) is 0 Å². The number of urea groups is 1. The van der Waals surface area contributed by atoms with Crippen molar-refractivity contribution < 1.29 is 4.79 Å². The minimum atomic E-state index is -0.308. The lowest BCUT2D eigenvalue weighted by Gasteiger charge is -2.31. The molecular formula is C16H26N4O. The van der Waals surface area contributed by atoms with Crippen molar-refractivity contribution in [3.05, 3.63) is 24.3 Å². The zero-order valence-corrected chi connectivity index (χ0v) is 13.0. The number of amides is 2. The number of hydrogen-bond acceptors (Lipinski definition) is 3. The topological polar surface area (TPSA) is 61.6 Å². The number of nitrogens with two attached hydrogens (primary N) is 1. The summed E-state index contributed by atoms with van der Waals surface area (Å²) in [4.78, 5) is 15.1. The summed E-state index contributed by atoms with van der Waals surface area (Å²) >= 11 is 0. The fraction of sp³-hybridized carbons (Fsp3) is 0.562. The van der Waals surface area contributed by atoms with E-state index in [0.29, 0.717) is 6.04 Å². The molecule has 0 saturated carbocycles. The molecule has 1 fully saturated rings. The van der Waals surface area contributed by atoms with Gasteiger partial charge in [-0.05, 0) is 51.0 Å². The van der Waals surface area contributed by atoms with Crippen molar-refractivity contribution in [2.24, 2.45) is 5.73 Å². The van der Waals surface area contributed by atoms with Crippen LogP contribution in [0.1, 0.15) is 26.7 Å². The quantitative estimate of drug-likeness (QED) is 0.876. The molecule has 1 aromatic carbocycles. The smallest absolute Gasteiger partial charge is 0.314 e. The molecule has 21 heavy (non-hydrogen) atoms. The van der Waals surface area contributed by atoms with Crippen molar-refractivity contribution in [2.45, 2.75) is 32.7 Å². The number of nitrogens with zero attached hydrogens (tertiary/aromatic N) is 2. The van der Waals surface area contributed by atoms with Crippen molar-refractivity contribution in [3.63, 3.8) is 0 Å². The van der Waals surface area contributed by atoms with Crippen molar-refractivity contribution in [1.29, 1.82) is 0 Å². The third-order valence-electron chi connectivity index (χ3n) is 4.17. The number of hydrogen-bond donors (Lipinski definition) is 2. The molecule has 0 unspecified atom stereocenters. The van der Waals surface area contributed by atoms with E-state index in [9.17, 15) is 4.79 Å². The first kappa shape index (κ1) is 15.5. The Labute approximate surface area is 127 Å². The fourth-order valence-electron chi connectivity index (χ4n) is 2.84. The Kier molecular flexibility index (Phi) is 5.31. The van der Waals surface area contributed by atoms with Crippen LogP contribution in [0.4, 0.5) is 16.2 Å².